The lowest BCUT2D eigenvalue weighted by molar-refractivity contribution is -0.133. The van der Waals surface area contributed by atoms with Gasteiger partial charge in [0.05, 0.1) is 12.1 Å². The van der Waals surface area contributed by atoms with Crippen molar-refractivity contribution in [3.63, 3.8) is 0 Å². The molecule has 1 amide bonds. The summed E-state index contributed by atoms with van der Waals surface area (Å²) >= 11 is 1.51. The van der Waals surface area contributed by atoms with Gasteiger partial charge in [-0.05, 0) is 23.6 Å². The highest BCUT2D eigenvalue weighted by atomic mass is 32.1. The zero-order chi connectivity index (χ0) is 13.9. The minimum absolute atomic E-state index is 0.00448. The van der Waals surface area contributed by atoms with E-state index in [-0.39, 0.29) is 24.9 Å². The average Bonchev–Trinajstić information content (AvgIpc) is 2.91. The molecule has 1 aliphatic heterocycles. The molecule has 0 saturated heterocycles. The Balaban J connectivity index is 1.70. The van der Waals surface area contributed by atoms with E-state index in [0.29, 0.717) is 17.2 Å². The monoisotopic (exact) mass is 289 g/mol. The largest absolute Gasteiger partial charge is 0.482 e. The van der Waals surface area contributed by atoms with Crippen molar-refractivity contribution in [2.45, 2.75) is 6.42 Å². The van der Waals surface area contributed by atoms with Gasteiger partial charge < -0.3 is 14.8 Å². The quantitative estimate of drug-likeness (QED) is 0.695. The maximum absolute atomic E-state index is 11.8. The third-order valence-corrected chi connectivity index (χ3v) is 3.59. The normalized spacial score (nSPS) is 13.1. The average molecular weight is 289 g/mol. The summed E-state index contributed by atoms with van der Waals surface area (Å²) in [7, 11) is 0. The Hall–Kier alpha value is -2.34. The van der Waals surface area contributed by atoms with E-state index in [1.807, 2.05) is 17.5 Å². The Bertz CT molecular complexity index is 651. The van der Waals surface area contributed by atoms with Gasteiger partial charge in [-0.2, -0.15) is 0 Å². The molecule has 0 aliphatic carbocycles. The molecule has 1 N–H and O–H groups in total. The smallest absolute Gasteiger partial charge is 0.316 e. The van der Waals surface area contributed by atoms with Crippen molar-refractivity contribution in [3.05, 3.63) is 40.6 Å². The van der Waals surface area contributed by atoms with Gasteiger partial charge in [0.2, 0.25) is 0 Å². The number of fused-ring (bicyclic) bond motifs is 1. The number of carbonyl (C=O) groups excluding carboxylic acids is 2. The summed E-state index contributed by atoms with van der Waals surface area (Å²) in [6.45, 7) is 0.00448. The van der Waals surface area contributed by atoms with Gasteiger partial charge in [-0.25, -0.2) is 0 Å². The van der Waals surface area contributed by atoms with Crippen molar-refractivity contribution < 1.29 is 19.1 Å². The first-order valence-corrected chi connectivity index (χ1v) is 6.88. The Kier molecular flexibility index (Phi) is 3.39. The van der Waals surface area contributed by atoms with Crippen LogP contribution < -0.4 is 14.8 Å². The van der Waals surface area contributed by atoms with Crippen molar-refractivity contribution in [3.8, 4) is 11.5 Å². The SMILES string of the molecule is O=C1COc2ccc(OC(=O)Cc3cccs3)cc2N1. The number of carbonyl (C=O) groups is 2. The maximum atomic E-state index is 11.8. The van der Waals surface area contributed by atoms with E-state index >= 15 is 0 Å². The molecule has 0 atom stereocenters. The number of benzene rings is 1. The molecule has 0 spiro atoms. The van der Waals surface area contributed by atoms with Gasteiger partial charge in [0.1, 0.15) is 11.5 Å². The highest BCUT2D eigenvalue weighted by Crippen LogP contribution is 2.31. The third kappa shape index (κ3) is 2.80. The maximum Gasteiger partial charge on any atom is 0.316 e. The molecule has 1 aromatic heterocycles. The molecule has 5 nitrogen and oxygen atoms in total. The number of thiophene rings is 1. The number of ether oxygens (including phenoxy) is 2. The molecular weight excluding hydrogens is 278 g/mol. The predicted molar refractivity (Wildman–Crippen MR) is 74.2 cm³/mol. The van der Waals surface area contributed by atoms with Gasteiger partial charge in [0.25, 0.3) is 5.91 Å². The highest BCUT2D eigenvalue weighted by Gasteiger charge is 2.17. The fourth-order valence-electron chi connectivity index (χ4n) is 1.85. The third-order valence-electron chi connectivity index (χ3n) is 2.71. The molecule has 0 saturated carbocycles. The molecule has 3 rings (SSSR count). The van der Waals surface area contributed by atoms with Gasteiger partial charge in [-0.1, -0.05) is 6.07 Å². The number of amides is 1. The second-order valence-corrected chi connectivity index (χ2v) is 5.26. The Morgan fingerprint density at radius 3 is 3.10 bits per heavy atom. The molecule has 20 heavy (non-hydrogen) atoms. The first-order chi connectivity index (χ1) is 9.70. The lowest BCUT2D eigenvalue weighted by Gasteiger charge is -2.18. The molecule has 0 radical (unpaired) electrons. The molecule has 0 fully saturated rings. The molecule has 1 aromatic carbocycles. The summed E-state index contributed by atoms with van der Waals surface area (Å²) in [6, 6.07) is 8.66. The van der Waals surface area contributed by atoms with Crippen LogP contribution >= 0.6 is 11.3 Å². The minimum Gasteiger partial charge on any atom is -0.482 e. The van der Waals surface area contributed by atoms with Crippen LogP contribution in [0.25, 0.3) is 0 Å². The van der Waals surface area contributed by atoms with Crippen LogP contribution in [0.15, 0.2) is 35.7 Å². The number of anilines is 1. The van der Waals surface area contributed by atoms with Gasteiger partial charge in [-0.3, -0.25) is 9.59 Å². The van der Waals surface area contributed by atoms with Gasteiger partial charge in [-0.15, -0.1) is 11.3 Å². The van der Waals surface area contributed by atoms with Crippen LogP contribution in [0, 0.1) is 0 Å². The predicted octanol–water partition coefficient (Wildman–Crippen LogP) is 2.23. The van der Waals surface area contributed by atoms with E-state index in [9.17, 15) is 9.59 Å². The van der Waals surface area contributed by atoms with Crippen LogP contribution in [-0.2, 0) is 16.0 Å². The summed E-state index contributed by atoms with van der Waals surface area (Å²) in [4.78, 5) is 24.0. The van der Waals surface area contributed by atoms with Crippen molar-refractivity contribution in [2.24, 2.45) is 0 Å². The zero-order valence-corrected chi connectivity index (χ0v) is 11.2. The Morgan fingerprint density at radius 1 is 1.40 bits per heavy atom. The molecule has 0 unspecified atom stereocenters. The first-order valence-electron chi connectivity index (χ1n) is 6.00. The fourth-order valence-corrected chi connectivity index (χ4v) is 2.54. The molecule has 102 valence electrons. The lowest BCUT2D eigenvalue weighted by Crippen LogP contribution is -2.25. The van der Waals surface area contributed by atoms with Gasteiger partial charge in [0, 0.05) is 10.9 Å². The zero-order valence-electron chi connectivity index (χ0n) is 10.4. The molecule has 1 aliphatic rings. The van der Waals surface area contributed by atoms with Crippen LogP contribution in [-0.4, -0.2) is 18.5 Å². The number of hydrogen-bond acceptors (Lipinski definition) is 5. The van der Waals surface area contributed by atoms with Crippen molar-refractivity contribution in [2.75, 3.05) is 11.9 Å². The molecular formula is C14H11NO4S. The molecule has 6 heteroatoms. The number of rotatable bonds is 3. The van der Waals surface area contributed by atoms with E-state index in [4.69, 9.17) is 9.47 Å². The van der Waals surface area contributed by atoms with Crippen LogP contribution in [0.5, 0.6) is 11.5 Å². The summed E-state index contributed by atoms with van der Waals surface area (Å²) in [5.41, 5.74) is 0.516. The van der Waals surface area contributed by atoms with E-state index < -0.39 is 0 Å². The van der Waals surface area contributed by atoms with Crippen molar-refractivity contribution in [1.29, 1.82) is 0 Å². The molecule has 2 heterocycles. The summed E-state index contributed by atoms with van der Waals surface area (Å²) in [5.74, 6) is 0.397. The van der Waals surface area contributed by atoms with Crippen LogP contribution in [0.3, 0.4) is 0 Å². The summed E-state index contributed by atoms with van der Waals surface area (Å²) in [6.07, 6.45) is 0.234. The van der Waals surface area contributed by atoms with Gasteiger partial charge >= 0.3 is 5.97 Å². The van der Waals surface area contributed by atoms with Gasteiger partial charge in [0.15, 0.2) is 6.61 Å². The summed E-state index contributed by atoms with van der Waals surface area (Å²) < 4.78 is 10.5. The molecule has 0 bridgehead atoms. The molecule has 2 aromatic rings. The van der Waals surface area contributed by atoms with Crippen LogP contribution in [0.1, 0.15) is 4.88 Å². The van der Waals surface area contributed by atoms with E-state index in [0.717, 1.165) is 4.88 Å². The topological polar surface area (TPSA) is 64.6 Å². The second-order valence-electron chi connectivity index (χ2n) is 4.23. The van der Waals surface area contributed by atoms with E-state index in [1.54, 1.807) is 18.2 Å². The van der Waals surface area contributed by atoms with Crippen molar-refractivity contribution >= 4 is 28.9 Å². The highest BCUT2D eigenvalue weighted by molar-refractivity contribution is 7.10. The second kappa shape index (κ2) is 5.34. The minimum atomic E-state index is -0.338. The summed E-state index contributed by atoms with van der Waals surface area (Å²) in [5, 5.41) is 4.58. The van der Waals surface area contributed by atoms with Crippen LogP contribution in [0.2, 0.25) is 0 Å². The Labute approximate surface area is 119 Å². The Morgan fingerprint density at radius 2 is 2.30 bits per heavy atom. The van der Waals surface area contributed by atoms with Crippen LogP contribution in [0.4, 0.5) is 5.69 Å². The standard InChI is InChI=1S/C14H11NO4S/c16-13-8-18-12-4-3-9(6-11(12)15-13)19-14(17)7-10-2-1-5-20-10/h1-6H,7-8H2,(H,15,16). The first kappa shape index (κ1) is 12.7. The lowest BCUT2D eigenvalue weighted by atomic mass is 10.2. The van der Waals surface area contributed by atoms with E-state index in [2.05, 4.69) is 5.32 Å². The number of esters is 1. The van der Waals surface area contributed by atoms with Crippen molar-refractivity contribution in [1.82, 2.24) is 0 Å². The number of hydrogen-bond donors (Lipinski definition) is 1. The number of nitrogens with one attached hydrogen (secondary N) is 1. The van der Waals surface area contributed by atoms with E-state index in [1.165, 1.54) is 11.3 Å². The fraction of sp³-hybridized carbons (Fsp3) is 0.143.